The third kappa shape index (κ3) is 3.74. The maximum Gasteiger partial charge on any atom is 0.336 e. The number of rotatable bonds is 3. The predicted molar refractivity (Wildman–Crippen MR) is 124 cm³/mol. The Morgan fingerprint density at radius 2 is 1.84 bits per heavy atom. The van der Waals surface area contributed by atoms with Crippen LogP contribution in [0.5, 0.6) is 5.75 Å². The number of carbonyl (C=O) groups excluding carboxylic acids is 1. The molecule has 2 aromatic carbocycles. The van der Waals surface area contributed by atoms with Gasteiger partial charge in [-0.15, -0.1) is 0 Å². The van der Waals surface area contributed by atoms with Gasteiger partial charge < -0.3 is 19.0 Å². The number of para-hydroxylation sites is 2. The minimum atomic E-state index is -0.557. The fourth-order valence-corrected chi connectivity index (χ4v) is 4.76. The summed E-state index contributed by atoms with van der Waals surface area (Å²) in [6, 6.07) is 13.4. The van der Waals surface area contributed by atoms with Crippen LogP contribution in [0.15, 0.2) is 51.7 Å². The first-order valence-corrected chi connectivity index (χ1v) is 11.3. The maximum absolute atomic E-state index is 13.2. The molecular formula is C26H28N2O4. The maximum atomic E-state index is 13.2. The Morgan fingerprint density at radius 1 is 1.06 bits per heavy atom. The zero-order valence-electron chi connectivity index (χ0n) is 18.6. The van der Waals surface area contributed by atoms with E-state index in [1.54, 1.807) is 6.07 Å². The van der Waals surface area contributed by atoms with Gasteiger partial charge in [-0.25, -0.2) is 4.79 Å². The van der Waals surface area contributed by atoms with Gasteiger partial charge in [0.15, 0.2) is 6.10 Å². The summed E-state index contributed by atoms with van der Waals surface area (Å²) in [6.07, 6.45) is 2.71. The standard InChI is InChI=1S/C26H28N2O4/c1-17-10-11-20-19(14-24(29)32-25(20)18(17)2)15-28-16-23(26(30)27-12-6-3-7-13-27)31-22-9-5-4-8-21(22)28/h4-5,8-11,14,23H,3,6-7,12-13,15-16H2,1-2H3/t23-/m1/s1. The molecule has 0 unspecified atom stereocenters. The molecule has 0 saturated carbocycles. The summed E-state index contributed by atoms with van der Waals surface area (Å²) in [5, 5.41) is 0.926. The first-order chi connectivity index (χ1) is 15.5. The quantitative estimate of drug-likeness (QED) is 0.581. The second-order valence-corrected chi connectivity index (χ2v) is 8.82. The Labute approximate surface area is 187 Å². The van der Waals surface area contributed by atoms with Crippen molar-refractivity contribution in [3.63, 3.8) is 0 Å². The van der Waals surface area contributed by atoms with Gasteiger partial charge >= 0.3 is 5.63 Å². The first kappa shape index (κ1) is 20.6. The number of amides is 1. The van der Waals surface area contributed by atoms with Gasteiger partial charge in [0.05, 0.1) is 12.2 Å². The number of ether oxygens (including phenoxy) is 1. The monoisotopic (exact) mass is 432 g/mol. The van der Waals surface area contributed by atoms with E-state index in [1.165, 1.54) is 6.42 Å². The van der Waals surface area contributed by atoms with E-state index in [0.29, 0.717) is 24.4 Å². The number of hydrogen-bond acceptors (Lipinski definition) is 5. The highest BCUT2D eigenvalue weighted by atomic mass is 16.5. The van der Waals surface area contributed by atoms with Crippen molar-refractivity contribution in [1.82, 2.24) is 4.90 Å². The van der Waals surface area contributed by atoms with Crippen LogP contribution >= 0.6 is 0 Å². The number of aryl methyl sites for hydroxylation is 2. The summed E-state index contributed by atoms with van der Waals surface area (Å²) in [6.45, 7) is 6.51. The normalized spacial score (nSPS) is 18.4. The second kappa shape index (κ2) is 8.34. The number of piperidine rings is 1. The summed E-state index contributed by atoms with van der Waals surface area (Å²) >= 11 is 0. The molecular weight excluding hydrogens is 404 g/mol. The summed E-state index contributed by atoms with van der Waals surface area (Å²) in [4.78, 5) is 29.7. The van der Waals surface area contributed by atoms with Crippen molar-refractivity contribution in [2.45, 2.75) is 45.8 Å². The third-order valence-electron chi connectivity index (χ3n) is 6.68. The van der Waals surface area contributed by atoms with Crippen LogP contribution in [0.2, 0.25) is 0 Å². The minimum Gasteiger partial charge on any atom is -0.477 e. The molecule has 3 aromatic rings. The number of anilines is 1. The zero-order valence-corrected chi connectivity index (χ0v) is 18.6. The molecule has 0 aliphatic carbocycles. The molecule has 6 heteroatoms. The molecule has 1 aromatic heterocycles. The second-order valence-electron chi connectivity index (χ2n) is 8.82. The molecule has 2 aliphatic rings. The fourth-order valence-electron chi connectivity index (χ4n) is 4.76. The van der Waals surface area contributed by atoms with Crippen molar-refractivity contribution in [2.24, 2.45) is 0 Å². The van der Waals surface area contributed by atoms with Crippen LogP contribution in [0.25, 0.3) is 11.0 Å². The van der Waals surface area contributed by atoms with E-state index in [1.807, 2.05) is 49.1 Å². The number of likely N-dealkylation sites (tertiary alicyclic amines) is 1. The lowest BCUT2D eigenvalue weighted by molar-refractivity contribution is -0.139. The highest BCUT2D eigenvalue weighted by Crippen LogP contribution is 2.35. The molecule has 6 nitrogen and oxygen atoms in total. The van der Waals surface area contributed by atoms with E-state index in [-0.39, 0.29) is 11.5 Å². The molecule has 0 N–H and O–H groups in total. The molecule has 166 valence electrons. The molecule has 1 fully saturated rings. The molecule has 1 saturated heterocycles. The van der Waals surface area contributed by atoms with Crippen LogP contribution in [-0.2, 0) is 11.3 Å². The van der Waals surface area contributed by atoms with Crippen molar-refractivity contribution in [2.75, 3.05) is 24.5 Å². The largest absolute Gasteiger partial charge is 0.477 e. The van der Waals surface area contributed by atoms with Gasteiger partial charge in [0.25, 0.3) is 5.91 Å². The van der Waals surface area contributed by atoms with Gasteiger partial charge in [-0.3, -0.25) is 4.79 Å². The SMILES string of the molecule is Cc1ccc2c(CN3C[C@H](C(=O)N4CCCCC4)Oc4ccccc43)cc(=O)oc2c1C. The molecule has 32 heavy (non-hydrogen) atoms. The van der Waals surface area contributed by atoms with Crippen LogP contribution in [-0.4, -0.2) is 36.5 Å². The van der Waals surface area contributed by atoms with Crippen LogP contribution < -0.4 is 15.3 Å². The van der Waals surface area contributed by atoms with Crippen molar-refractivity contribution >= 4 is 22.6 Å². The third-order valence-corrected chi connectivity index (χ3v) is 6.68. The van der Waals surface area contributed by atoms with Crippen molar-refractivity contribution < 1.29 is 13.9 Å². The fraction of sp³-hybridized carbons (Fsp3) is 0.385. The van der Waals surface area contributed by atoms with Gasteiger partial charge in [0.2, 0.25) is 0 Å². The highest BCUT2D eigenvalue weighted by molar-refractivity contribution is 5.85. The highest BCUT2D eigenvalue weighted by Gasteiger charge is 2.34. The smallest absolute Gasteiger partial charge is 0.336 e. The van der Waals surface area contributed by atoms with E-state index in [9.17, 15) is 9.59 Å². The summed E-state index contributed by atoms with van der Waals surface area (Å²) in [7, 11) is 0. The summed E-state index contributed by atoms with van der Waals surface area (Å²) in [5.74, 6) is 0.751. The molecule has 1 atom stereocenters. The van der Waals surface area contributed by atoms with Crippen LogP contribution in [0.3, 0.4) is 0 Å². The van der Waals surface area contributed by atoms with Gasteiger partial charge in [-0.2, -0.15) is 0 Å². The Kier molecular flexibility index (Phi) is 5.37. The average Bonchev–Trinajstić information content (AvgIpc) is 2.81. The number of carbonyl (C=O) groups is 1. The molecule has 2 aliphatic heterocycles. The molecule has 5 rings (SSSR count). The number of nitrogens with zero attached hydrogens (tertiary/aromatic N) is 2. The molecule has 0 spiro atoms. The lowest BCUT2D eigenvalue weighted by atomic mass is 10.0. The Bertz CT molecular complexity index is 1230. The van der Waals surface area contributed by atoms with E-state index < -0.39 is 6.10 Å². The minimum absolute atomic E-state index is 0.0492. The Balaban J connectivity index is 1.51. The predicted octanol–water partition coefficient (Wildman–Crippen LogP) is 4.19. The van der Waals surface area contributed by atoms with Crippen LogP contribution in [0, 0.1) is 13.8 Å². The molecule has 1 amide bonds. The van der Waals surface area contributed by atoms with E-state index in [2.05, 4.69) is 11.0 Å². The van der Waals surface area contributed by atoms with Gasteiger partial charge in [0, 0.05) is 31.1 Å². The van der Waals surface area contributed by atoms with E-state index in [4.69, 9.17) is 9.15 Å². The van der Waals surface area contributed by atoms with Crippen LogP contribution in [0.1, 0.15) is 36.0 Å². The van der Waals surface area contributed by atoms with E-state index >= 15 is 0 Å². The van der Waals surface area contributed by atoms with Crippen molar-refractivity contribution in [3.05, 3.63) is 69.6 Å². The van der Waals surface area contributed by atoms with Crippen LogP contribution in [0.4, 0.5) is 5.69 Å². The van der Waals surface area contributed by atoms with Crippen molar-refractivity contribution in [3.8, 4) is 5.75 Å². The molecule has 0 bridgehead atoms. The topological polar surface area (TPSA) is 63.0 Å². The Hall–Kier alpha value is -3.28. The molecule has 3 heterocycles. The van der Waals surface area contributed by atoms with Crippen molar-refractivity contribution in [1.29, 1.82) is 0 Å². The lowest BCUT2D eigenvalue weighted by Crippen LogP contribution is -2.51. The number of hydrogen-bond donors (Lipinski definition) is 0. The summed E-state index contributed by atoms with van der Waals surface area (Å²) in [5.41, 5.74) is 4.16. The van der Waals surface area contributed by atoms with Gasteiger partial charge in [-0.05, 0) is 61.9 Å². The zero-order chi connectivity index (χ0) is 22.2. The average molecular weight is 433 g/mol. The van der Waals surface area contributed by atoms with E-state index in [0.717, 1.165) is 53.7 Å². The Morgan fingerprint density at radius 3 is 2.66 bits per heavy atom. The van der Waals surface area contributed by atoms with Gasteiger partial charge in [0.1, 0.15) is 11.3 Å². The number of fused-ring (bicyclic) bond motifs is 2. The van der Waals surface area contributed by atoms with Gasteiger partial charge in [-0.1, -0.05) is 24.3 Å². The first-order valence-electron chi connectivity index (χ1n) is 11.3. The lowest BCUT2D eigenvalue weighted by Gasteiger charge is -2.38. The molecule has 0 radical (unpaired) electrons. The number of benzene rings is 2. The summed E-state index contributed by atoms with van der Waals surface area (Å²) < 4.78 is 11.7.